The third-order valence-corrected chi connectivity index (χ3v) is 16.5. The van der Waals surface area contributed by atoms with Crippen LogP contribution in [-0.4, -0.2) is 24.1 Å². The van der Waals surface area contributed by atoms with Gasteiger partial charge >= 0.3 is 0 Å². The highest BCUT2D eigenvalue weighted by Gasteiger charge is 2.20. The van der Waals surface area contributed by atoms with Crippen molar-refractivity contribution in [2.45, 2.75) is 0 Å². The van der Waals surface area contributed by atoms with Crippen LogP contribution in [0.1, 0.15) is 0 Å². The molecule has 6 heteroatoms. The first-order valence-corrected chi connectivity index (χ1v) is 26.2. The Morgan fingerprint density at radius 1 is 0.227 bits per heavy atom. The van der Waals surface area contributed by atoms with Crippen molar-refractivity contribution in [1.29, 1.82) is 0 Å². The normalized spacial score (nSPS) is 12.0. The minimum Gasteiger partial charge on any atom is -0.309 e. The van der Waals surface area contributed by atoms with E-state index in [9.17, 15) is 0 Å². The van der Waals surface area contributed by atoms with E-state index < -0.39 is 0 Å². The maximum absolute atomic E-state index is 5.08. The van der Waals surface area contributed by atoms with Gasteiger partial charge in [0.25, 0.3) is 0 Å². The molecule has 0 bridgehead atoms. The molecule has 0 radical (unpaired) electrons. The number of benzene rings is 12. The predicted molar refractivity (Wildman–Crippen MR) is 316 cm³/mol. The van der Waals surface area contributed by atoms with Crippen molar-refractivity contribution in [3.63, 3.8) is 0 Å². The van der Waals surface area contributed by atoms with Gasteiger partial charge in [0, 0.05) is 69.8 Å². The Kier molecular flexibility index (Phi) is 9.14. The van der Waals surface area contributed by atoms with Crippen LogP contribution in [0.5, 0.6) is 0 Å². The third-order valence-electron chi connectivity index (χ3n) is 15.3. The minimum atomic E-state index is 0.642. The molecule has 0 aliphatic carbocycles. The molecular formula is C69H41N5S. The van der Waals surface area contributed by atoms with E-state index in [1.165, 1.54) is 108 Å². The Morgan fingerprint density at radius 2 is 0.613 bits per heavy atom. The van der Waals surface area contributed by atoms with Gasteiger partial charge in [-0.1, -0.05) is 170 Å². The number of fused-ring (bicyclic) bond motifs is 15. The molecule has 5 nitrogen and oxygen atoms in total. The van der Waals surface area contributed by atoms with E-state index >= 15 is 0 Å². The summed E-state index contributed by atoms with van der Waals surface area (Å²) in [4.78, 5) is 15.1. The summed E-state index contributed by atoms with van der Waals surface area (Å²) < 4.78 is 7.51. The molecule has 16 rings (SSSR count). The van der Waals surface area contributed by atoms with E-state index in [0.29, 0.717) is 17.5 Å². The molecule has 0 fully saturated rings. The average molecular weight is 972 g/mol. The number of para-hydroxylation sites is 2. The fourth-order valence-corrected chi connectivity index (χ4v) is 13.0. The number of aromatic nitrogens is 5. The van der Waals surface area contributed by atoms with Gasteiger partial charge in [-0.3, -0.25) is 0 Å². The van der Waals surface area contributed by atoms with E-state index in [-0.39, 0.29) is 0 Å². The van der Waals surface area contributed by atoms with Gasteiger partial charge in [-0.25, -0.2) is 15.0 Å². The topological polar surface area (TPSA) is 48.5 Å². The first-order chi connectivity index (χ1) is 37.2. The highest BCUT2D eigenvalue weighted by atomic mass is 32.1. The maximum atomic E-state index is 5.08. The van der Waals surface area contributed by atoms with Crippen molar-refractivity contribution in [2.24, 2.45) is 0 Å². The number of thiophene rings is 1. The van der Waals surface area contributed by atoms with Crippen LogP contribution < -0.4 is 0 Å². The molecule has 12 aromatic carbocycles. The Morgan fingerprint density at radius 3 is 1.20 bits per heavy atom. The van der Waals surface area contributed by atoms with Crippen LogP contribution in [0.25, 0.3) is 153 Å². The lowest BCUT2D eigenvalue weighted by molar-refractivity contribution is 1.07. The lowest BCUT2D eigenvalue weighted by Gasteiger charge is -2.15. The second-order valence-electron chi connectivity index (χ2n) is 19.5. The van der Waals surface area contributed by atoms with Crippen molar-refractivity contribution >= 4 is 107 Å². The molecule has 0 aliphatic heterocycles. The summed E-state index contributed by atoms with van der Waals surface area (Å²) in [5.74, 6) is 1.94. The van der Waals surface area contributed by atoms with Gasteiger partial charge in [0.1, 0.15) is 0 Å². The molecule has 0 saturated carbocycles. The van der Waals surface area contributed by atoms with Crippen LogP contribution in [0.4, 0.5) is 0 Å². The SMILES string of the molecule is c1ccc(-c2nc(-c3ccccc3)nc(-c3ccc4c5ccc(-n6c7ccccc7c7cc(-c8ccc9c(c8)c8ccccc8n9-c8ccc9sc%10ccccc%10c9c8)ccc76)cc5c5ccccc5c4c3)n2)cc1. The van der Waals surface area contributed by atoms with Crippen molar-refractivity contribution in [1.82, 2.24) is 24.1 Å². The van der Waals surface area contributed by atoms with E-state index in [1.807, 2.05) is 47.7 Å². The van der Waals surface area contributed by atoms with Gasteiger partial charge in [0.05, 0.1) is 22.1 Å². The van der Waals surface area contributed by atoms with Crippen LogP contribution in [0.3, 0.4) is 0 Å². The van der Waals surface area contributed by atoms with Gasteiger partial charge in [0.2, 0.25) is 0 Å². The summed E-state index contributed by atoms with van der Waals surface area (Å²) >= 11 is 1.86. The fraction of sp³-hybridized carbons (Fsp3) is 0. The first-order valence-electron chi connectivity index (χ1n) is 25.4. The molecular weight excluding hydrogens is 931 g/mol. The van der Waals surface area contributed by atoms with E-state index in [2.05, 4.69) is 221 Å². The van der Waals surface area contributed by atoms with Gasteiger partial charge in [-0.15, -0.1) is 11.3 Å². The summed E-state index contributed by atoms with van der Waals surface area (Å²) in [6.07, 6.45) is 0. The zero-order valence-corrected chi connectivity index (χ0v) is 41.1. The van der Waals surface area contributed by atoms with Gasteiger partial charge < -0.3 is 9.13 Å². The molecule has 16 aromatic rings. The number of hydrogen-bond donors (Lipinski definition) is 0. The Balaban J connectivity index is 0.817. The van der Waals surface area contributed by atoms with E-state index in [0.717, 1.165) is 27.8 Å². The highest BCUT2D eigenvalue weighted by molar-refractivity contribution is 7.25. The second kappa shape index (κ2) is 16.4. The highest BCUT2D eigenvalue weighted by Crippen LogP contribution is 2.43. The lowest BCUT2D eigenvalue weighted by atomic mass is 9.93. The zero-order chi connectivity index (χ0) is 49.1. The molecule has 348 valence electrons. The summed E-state index contributed by atoms with van der Waals surface area (Å²) in [5, 5.41) is 14.7. The predicted octanol–water partition coefficient (Wildman–Crippen LogP) is 18.6. The molecule has 0 spiro atoms. The van der Waals surface area contributed by atoms with E-state index in [4.69, 9.17) is 15.0 Å². The molecule has 0 aliphatic rings. The first kappa shape index (κ1) is 41.8. The molecule has 4 aromatic heterocycles. The minimum absolute atomic E-state index is 0.642. The number of rotatable bonds is 6. The molecule has 0 atom stereocenters. The third kappa shape index (κ3) is 6.53. The monoisotopic (exact) mass is 971 g/mol. The summed E-state index contributed by atoms with van der Waals surface area (Å²) in [6, 6.07) is 90.1. The Hall–Kier alpha value is -9.75. The summed E-state index contributed by atoms with van der Waals surface area (Å²) in [7, 11) is 0. The summed E-state index contributed by atoms with van der Waals surface area (Å²) in [5.41, 5.74) is 12.3. The molecule has 0 saturated heterocycles. The van der Waals surface area contributed by atoms with Crippen molar-refractivity contribution in [3.8, 4) is 56.7 Å². The summed E-state index contributed by atoms with van der Waals surface area (Å²) in [6.45, 7) is 0. The average Bonchev–Trinajstić information content (AvgIpc) is 4.16. The lowest BCUT2D eigenvalue weighted by Crippen LogP contribution is -2.00. The van der Waals surface area contributed by atoms with Crippen molar-refractivity contribution in [3.05, 3.63) is 249 Å². The molecule has 75 heavy (non-hydrogen) atoms. The smallest absolute Gasteiger partial charge is 0.164 e. The Bertz CT molecular complexity index is 4930. The maximum Gasteiger partial charge on any atom is 0.164 e. The van der Waals surface area contributed by atoms with E-state index in [1.54, 1.807) is 0 Å². The van der Waals surface area contributed by atoms with Gasteiger partial charge in [-0.2, -0.15) is 0 Å². The molecule has 4 heterocycles. The van der Waals surface area contributed by atoms with Crippen molar-refractivity contribution < 1.29 is 0 Å². The second-order valence-corrected chi connectivity index (χ2v) is 20.6. The molecule has 0 amide bonds. The largest absolute Gasteiger partial charge is 0.309 e. The van der Waals surface area contributed by atoms with Crippen LogP contribution in [-0.2, 0) is 0 Å². The molecule has 0 N–H and O–H groups in total. The van der Waals surface area contributed by atoms with Crippen LogP contribution in [0.2, 0.25) is 0 Å². The van der Waals surface area contributed by atoms with Crippen LogP contribution >= 0.6 is 11.3 Å². The van der Waals surface area contributed by atoms with Crippen LogP contribution in [0, 0.1) is 0 Å². The number of hydrogen-bond acceptors (Lipinski definition) is 4. The zero-order valence-electron chi connectivity index (χ0n) is 40.3. The van der Waals surface area contributed by atoms with Crippen molar-refractivity contribution in [2.75, 3.05) is 0 Å². The number of nitrogens with zero attached hydrogens (tertiary/aromatic N) is 5. The molecule has 0 unspecified atom stereocenters. The standard InChI is InChI=1S/C69H41N5S/c1-3-15-42(16-4-1)67-70-68(43-17-5-2-6-18-43)72-69(71-67)46-27-32-51-52-33-30-47(40-57(52)50-20-8-7-19-49(50)56(51)39-46)73-61-24-12-9-21-53(61)58-37-44(28-34-63(58)73)45-29-35-64-59(38-45)54-22-10-13-25-62(54)74(64)48-31-36-66-60(41-48)55-23-11-14-26-65(55)75-66/h1-41H. The van der Waals surface area contributed by atoms with Gasteiger partial charge in [0.15, 0.2) is 17.5 Å². The fourth-order valence-electron chi connectivity index (χ4n) is 11.9. The quantitative estimate of drug-likeness (QED) is 0.156. The van der Waals surface area contributed by atoms with Gasteiger partial charge in [-0.05, 0) is 122 Å². The van der Waals surface area contributed by atoms with Crippen LogP contribution in [0.15, 0.2) is 249 Å². The Labute approximate surface area is 434 Å².